The van der Waals surface area contributed by atoms with Gasteiger partial charge in [-0.15, -0.1) is 0 Å². The first-order chi connectivity index (χ1) is 10.1. The van der Waals surface area contributed by atoms with Gasteiger partial charge in [-0.3, -0.25) is 4.79 Å². The van der Waals surface area contributed by atoms with Gasteiger partial charge in [-0.05, 0) is 31.2 Å². The van der Waals surface area contributed by atoms with E-state index in [-0.39, 0.29) is 11.1 Å². The lowest BCUT2D eigenvalue weighted by molar-refractivity contribution is -0.137. The third-order valence-electron chi connectivity index (χ3n) is 2.48. The Morgan fingerprint density at radius 3 is 2.05 bits per heavy atom. The summed E-state index contributed by atoms with van der Waals surface area (Å²) in [6, 6.07) is 3.73. The molecule has 2 aromatic rings. The molecule has 118 valence electrons. The fourth-order valence-electron chi connectivity index (χ4n) is 1.33. The average molecular weight is 316 g/mol. The lowest BCUT2D eigenvalue weighted by atomic mass is 10.1. The number of rotatable bonds is 2. The maximum atomic E-state index is 12.0. The Morgan fingerprint density at radius 2 is 1.77 bits per heavy atom. The molecule has 0 aliphatic heterocycles. The molecule has 0 unspecified atom stereocenters. The molecule has 2 rings (SSSR count). The molecule has 9 heteroatoms. The zero-order valence-corrected chi connectivity index (χ0v) is 11.2. The number of amides is 1. The largest absolute Gasteiger partial charge is 0.478 e. The summed E-state index contributed by atoms with van der Waals surface area (Å²) in [5, 5.41) is 11.6. The van der Waals surface area contributed by atoms with E-state index in [1.165, 1.54) is 6.20 Å². The van der Waals surface area contributed by atoms with Gasteiger partial charge in [0.25, 0.3) is 0 Å². The molecule has 0 radical (unpaired) electrons. The maximum Gasteiger partial charge on any atom is 0.416 e. The summed E-state index contributed by atoms with van der Waals surface area (Å²) < 4.78 is 40.5. The Labute approximate surface area is 122 Å². The minimum Gasteiger partial charge on any atom is -0.478 e. The molecule has 0 atom stereocenters. The number of carbonyl (C=O) groups is 2. The highest BCUT2D eigenvalue weighted by molar-refractivity contribution is 5.92. The molecule has 0 aliphatic rings. The van der Waals surface area contributed by atoms with E-state index in [4.69, 9.17) is 10.8 Å². The number of aryl methyl sites for hydroxylation is 1. The standard InChI is InChI=1S/C8H6F3NO.C5H5NO3/c9-8(10,11)6-3-1-5(2-4-6)7(12)13;1-3-4(5(7)8)2-6-9-3/h1-4H,(H2,12,13);2H,1H3,(H,7,8). The van der Waals surface area contributed by atoms with E-state index in [0.717, 1.165) is 24.3 Å². The molecule has 0 saturated heterocycles. The van der Waals surface area contributed by atoms with Crippen LogP contribution in [0.5, 0.6) is 0 Å². The number of carboxylic acids is 1. The summed E-state index contributed by atoms with van der Waals surface area (Å²) in [6.07, 6.45) is -3.20. The van der Waals surface area contributed by atoms with E-state index in [9.17, 15) is 22.8 Å². The molecule has 0 aliphatic carbocycles. The first-order valence-electron chi connectivity index (χ1n) is 5.74. The highest BCUT2D eigenvalue weighted by Crippen LogP contribution is 2.28. The molecule has 1 heterocycles. The smallest absolute Gasteiger partial charge is 0.416 e. The number of nitrogens with zero attached hydrogens (tertiary/aromatic N) is 1. The van der Waals surface area contributed by atoms with Crippen molar-refractivity contribution in [3.05, 3.63) is 52.9 Å². The van der Waals surface area contributed by atoms with Crippen LogP contribution in [0.4, 0.5) is 13.2 Å². The van der Waals surface area contributed by atoms with Crippen molar-refractivity contribution in [1.29, 1.82) is 0 Å². The van der Waals surface area contributed by atoms with E-state index >= 15 is 0 Å². The lowest BCUT2D eigenvalue weighted by Gasteiger charge is -2.05. The third kappa shape index (κ3) is 4.62. The van der Waals surface area contributed by atoms with Crippen LogP contribution >= 0.6 is 0 Å². The van der Waals surface area contributed by atoms with Gasteiger partial charge < -0.3 is 15.4 Å². The van der Waals surface area contributed by atoms with Crippen molar-refractivity contribution >= 4 is 11.9 Å². The summed E-state index contributed by atoms with van der Waals surface area (Å²) in [4.78, 5) is 20.7. The SMILES string of the molecule is Cc1oncc1C(=O)O.NC(=O)c1ccc(C(F)(F)F)cc1. The molecular formula is C13H11F3N2O4. The van der Waals surface area contributed by atoms with Gasteiger partial charge in [0.2, 0.25) is 5.91 Å². The number of hydrogen-bond donors (Lipinski definition) is 2. The van der Waals surface area contributed by atoms with Crippen molar-refractivity contribution in [2.24, 2.45) is 5.73 Å². The van der Waals surface area contributed by atoms with Crippen LogP contribution in [0.2, 0.25) is 0 Å². The van der Waals surface area contributed by atoms with Gasteiger partial charge >= 0.3 is 12.1 Å². The Balaban J connectivity index is 0.000000235. The Hall–Kier alpha value is -2.84. The number of hydrogen-bond acceptors (Lipinski definition) is 4. The van der Waals surface area contributed by atoms with Crippen LogP contribution in [0, 0.1) is 6.92 Å². The van der Waals surface area contributed by atoms with Gasteiger partial charge in [-0.1, -0.05) is 5.16 Å². The summed E-state index contributed by atoms with van der Waals surface area (Å²) in [5.41, 5.74) is 4.24. The van der Waals surface area contributed by atoms with Gasteiger partial charge in [0.15, 0.2) is 0 Å². The molecule has 1 amide bonds. The van der Waals surface area contributed by atoms with Crippen molar-refractivity contribution in [2.75, 3.05) is 0 Å². The van der Waals surface area contributed by atoms with Crippen molar-refractivity contribution < 1.29 is 32.4 Å². The number of benzene rings is 1. The third-order valence-corrected chi connectivity index (χ3v) is 2.48. The molecule has 3 N–H and O–H groups in total. The Bertz CT molecular complexity index is 663. The molecule has 1 aromatic carbocycles. The Morgan fingerprint density at radius 1 is 1.23 bits per heavy atom. The zero-order chi connectivity index (χ0) is 16.9. The molecule has 0 bridgehead atoms. The molecule has 0 saturated carbocycles. The molecule has 0 spiro atoms. The molecule has 6 nitrogen and oxygen atoms in total. The van der Waals surface area contributed by atoms with E-state index < -0.39 is 23.6 Å². The predicted octanol–water partition coefficient (Wildman–Crippen LogP) is 2.49. The monoisotopic (exact) mass is 316 g/mol. The number of carbonyl (C=O) groups excluding carboxylic acids is 1. The summed E-state index contributed by atoms with van der Waals surface area (Å²) >= 11 is 0. The normalized spacial score (nSPS) is 10.5. The predicted molar refractivity (Wildman–Crippen MR) is 68.2 cm³/mol. The van der Waals surface area contributed by atoms with Gasteiger partial charge in [0.05, 0.1) is 11.8 Å². The van der Waals surface area contributed by atoms with Crippen molar-refractivity contribution in [2.45, 2.75) is 13.1 Å². The van der Waals surface area contributed by atoms with Crippen LogP contribution in [0.25, 0.3) is 0 Å². The number of carboxylic acid groups (broad SMARTS) is 1. The van der Waals surface area contributed by atoms with Gasteiger partial charge in [0, 0.05) is 5.56 Å². The van der Waals surface area contributed by atoms with Gasteiger partial charge in [0.1, 0.15) is 11.3 Å². The van der Waals surface area contributed by atoms with E-state index in [1.807, 2.05) is 0 Å². The maximum absolute atomic E-state index is 12.0. The number of halogens is 3. The van der Waals surface area contributed by atoms with Crippen LogP contribution in [0.3, 0.4) is 0 Å². The van der Waals surface area contributed by atoms with Crippen molar-refractivity contribution in [1.82, 2.24) is 5.16 Å². The second-order valence-corrected chi connectivity index (χ2v) is 4.04. The van der Waals surface area contributed by atoms with Crippen molar-refractivity contribution in [3.63, 3.8) is 0 Å². The average Bonchev–Trinajstić information content (AvgIpc) is 2.85. The fraction of sp³-hybridized carbons (Fsp3) is 0.154. The topological polar surface area (TPSA) is 106 Å². The van der Waals surface area contributed by atoms with Crippen LogP contribution in [-0.4, -0.2) is 22.1 Å². The van der Waals surface area contributed by atoms with E-state index in [1.54, 1.807) is 6.92 Å². The van der Waals surface area contributed by atoms with E-state index in [2.05, 4.69) is 9.68 Å². The van der Waals surface area contributed by atoms with Crippen LogP contribution in [0.1, 0.15) is 32.0 Å². The first-order valence-corrected chi connectivity index (χ1v) is 5.74. The van der Waals surface area contributed by atoms with Crippen molar-refractivity contribution in [3.8, 4) is 0 Å². The zero-order valence-electron chi connectivity index (χ0n) is 11.2. The summed E-state index contributed by atoms with van der Waals surface area (Å²) in [5.74, 6) is -1.41. The number of primary amides is 1. The lowest BCUT2D eigenvalue weighted by Crippen LogP contribution is -2.11. The molecule has 1 aromatic heterocycles. The number of alkyl halides is 3. The first kappa shape index (κ1) is 17.2. The number of nitrogens with two attached hydrogens (primary N) is 1. The summed E-state index contributed by atoms with van der Waals surface area (Å²) in [7, 11) is 0. The van der Waals surface area contributed by atoms with Gasteiger partial charge in [-0.25, -0.2) is 4.79 Å². The highest BCUT2D eigenvalue weighted by atomic mass is 19.4. The highest BCUT2D eigenvalue weighted by Gasteiger charge is 2.30. The summed E-state index contributed by atoms with van der Waals surface area (Å²) in [6.45, 7) is 1.55. The molecular weight excluding hydrogens is 305 g/mol. The van der Waals surface area contributed by atoms with Crippen LogP contribution in [0.15, 0.2) is 35.0 Å². The number of aromatic carboxylic acids is 1. The molecule has 0 fully saturated rings. The molecule has 22 heavy (non-hydrogen) atoms. The minimum absolute atomic E-state index is 0.0630. The van der Waals surface area contributed by atoms with E-state index in [0.29, 0.717) is 5.76 Å². The van der Waals surface area contributed by atoms with Crippen LogP contribution in [-0.2, 0) is 6.18 Å². The second-order valence-electron chi connectivity index (χ2n) is 4.04. The fourth-order valence-corrected chi connectivity index (χ4v) is 1.33. The quantitative estimate of drug-likeness (QED) is 0.885. The van der Waals surface area contributed by atoms with Crippen LogP contribution < -0.4 is 5.73 Å². The minimum atomic E-state index is -4.38. The number of aromatic nitrogens is 1. The van der Waals surface area contributed by atoms with Gasteiger partial charge in [-0.2, -0.15) is 13.2 Å². The Kier molecular flexibility index (Phi) is 5.28. The second kappa shape index (κ2) is 6.74.